The third-order valence-electron chi connectivity index (χ3n) is 3.88. The number of piperidine rings is 1. The van der Waals surface area contributed by atoms with E-state index in [9.17, 15) is 4.79 Å². The van der Waals surface area contributed by atoms with E-state index < -0.39 is 0 Å². The van der Waals surface area contributed by atoms with E-state index >= 15 is 0 Å². The number of methoxy groups -OCH3 is 1. The van der Waals surface area contributed by atoms with Gasteiger partial charge in [0.05, 0.1) is 18.8 Å². The summed E-state index contributed by atoms with van der Waals surface area (Å²) >= 11 is 0. The first-order valence-corrected chi connectivity index (χ1v) is 6.58. The summed E-state index contributed by atoms with van der Waals surface area (Å²) in [4.78, 5) is 14.0. The molecule has 1 aromatic rings. The van der Waals surface area contributed by atoms with Gasteiger partial charge in [-0.2, -0.15) is 5.10 Å². The van der Waals surface area contributed by atoms with Crippen molar-refractivity contribution in [2.24, 2.45) is 12.8 Å². The van der Waals surface area contributed by atoms with Gasteiger partial charge in [0.2, 0.25) is 5.91 Å². The number of likely N-dealkylation sites (tertiary alicyclic amines) is 1. The highest BCUT2D eigenvalue weighted by Gasteiger charge is 2.36. The van der Waals surface area contributed by atoms with Crippen molar-refractivity contribution < 1.29 is 9.53 Å². The van der Waals surface area contributed by atoms with E-state index in [1.807, 2.05) is 29.7 Å². The molecule has 0 radical (unpaired) electrons. The molecule has 1 aliphatic heterocycles. The number of rotatable bonds is 4. The smallest absolute Gasteiger partial charge is 0.223 e. The number of hydrogen-bond donors (Lipinski definition) is 1. The quantitative estimate of drug-likeness (QED) is 0.854. The molecule has 0 aliphatic carbocycles. The average molecular weight is 266 g/mol. The van der Waals surface area contributed by atoms with Gasteiger partial charge in [0, 0.05) is 44.4 Å². The van der Waals surface area contributed by atoms with Gasteiger partial charge in [-0.25, -0.2) is 0 Å². The summed E-state index contributed by atoms with van der Waals surface area (Å²) in [5.41, 5.74) is 8.34. The van der Waals surface area contributed by atoms with Crippen LogP contribution >= 0.6 is 0 Å². The van der Waals surface area contributed by atoms with Crippen molar-refractivity contribution in [2.75, 3.05) is 20.3 Å². The van der Waals surface area contributed by atoms with Crippen molar-refractivity contribution in [3.8, 4) is 0 Å². The number of amides is 1. The second-order valence-corrected chi connectivity index (χ2v) is 5.04. The summed E-state index contributed by atoms with van der Waals surface area (Å²) < 4.78 is 6.91. The minimum Gasteiger partial charge on any atom is -0.383 e. The van der Waals surface area contributed by atoms with Crippen molar-refractivity contribution >= 4 is 5.91 Å². The zero-order chi connectivity index (χ0) is 14.0. The lowest BCUT2D eigenvalue weighted by Crippen LogP contribution is -2.50. The minimum atomic E-state index is -0.0925. The van der Waals surface area contributed by atoms with Gasteiger partial charge < -0.3 is 15.4 Å². The summed E-state index contributed by atoms with van der Waals surface area (Å²) in [5, 5.41) is 4.26. The standard InChI is InChI=1S/C13H22N4O2/c1-9-10(8-15-16(9)2)13-11(14)4-5-12(18)17(13)6-7-19-3/h8,11,13H,4-7,14H2,1-3H3. The Morgan fingerprint density at radius 1 is 1.58 bits per heavy atom. The lowest BCUT2D eigenvalue weighted by molar-refractivity contribution is -0.138. The first-order chi connectivity index (χ1) is 9.06. The fraction of sp³-hybridized carbons (Fsp3) is 0.692. The first kappa shape index (κ1) is 14.0. The average Bonchev–Trinajstić information content (AvgIpc) is 2.71. The fourth-order valence-corrected chi connectivity index (χ4v) is 2.64. The summed E-state index contributed by atoms with van der Waals surface area (Å²) in [5.74, 6) is 0.145. The fourth-order valence-electron chi connectivity index (χ4n) is 2.64. The van der Waals surface area contributed by atoms with Crippen molar-refractivity contribution in [3.63, 3.8) is 0 Å². The number of aromatic nitrogens is 2. The van der Waals surface area contributed by atoms with Crippen LogP contribution in [-0.4, -0.2) is 46.9 Å². The second-order valence-electron chi connectivity index (χ2n) is 5.04. The monoisotopic (exact) mass is 266 g/mol. The van der Waals surface area contributed by atoms with Gasteiger partial charge in [0.15, 0.2) is 0 Å². The molecular weight excluding hydrogens is 244 g/mol. The van der Waals surface area contributed by atoms with Crippen LogP contribution in [0.3, 0.4) is 0 Å². The molecule has 106 valence electrons. The Labute approximate surface area is 113 Å². The largest absolute Gasteiger partial charge is 0.383 e. The second kappa shape index (κ2) is 5.71. The molecule has 19 heavy (non-hydrogen) atoms. The third-order valence-corrected chi connectivity index (χ3v) is 3.88. The highest BCUT2D eigenvalue weighted by molar-refractivity contribution is 5.78. The lowest BCUT2D eigenvalue weighted by Gasteiger charge is -2.39. The van der Waals surface area contributed by atoms with Gasteiger partial charge in [0.25, 0.3) is 0 Å². The van der Waals surface area contributed by atoms with Crippen LogP contribution in [0.4, 0.5) is 0 Å². The number of hydrogen-bond acceptors (Lipinski definition) is 4. The number of nitrogens with zero attached hydrogens (tertiary/aromatic N) is 3. The third kappa shape index (κ3) is 2.64. The van der Waals surface area contributed by atoms with Gasteiger partial charge in [-0.1, -0.05) is 0 Å². The van der Waals surface area contributed by atoms with Crippen LogP contribution in [0, 0.1) is 6.92 Å². The van der Waals surface area contributed by atoms with Crippen LogP contribution in [0.25, 0.3) is 0 Å². The van der Waals surface area contributed by atoms with Gasteiger partial charge in [-0.3, -0.25) is 9.48 Å². The summed E-state index contributed by atoms with van der Waals surface area (Å²) in [6, 6.07) is -0.137. The maximum atomic E-state index is 12.1. The number of carbonyl (C=O) groups excluding carboxylic acids is 1. The molecule has 1 saturated heterocycles. The molecule has 2 heterocycles. The zero-order valence-corrected chi connectivity index (χ0v) is 11.8. The summed E-state index contributed by atoms with van der Waals surface area (Å²) in [7, 11) is 3.53. The summed E-state index contributed by atoms with van der Waals surface area (Å²) in [6.45, 7) is 3.10. The van der Waals surface area contributed by atoms with E-state index in [-0.39, 0.29) is 18.0 Å². The van der Waals surface area contributed by atoms with Gasteiger partial charge >= 0.3 is 0 Å². The van der Waals surface area contributed by atoms with E-state index in [0.29, 0.717) is 19.6 Å². The Hall–Kier alpha value is -1.40. The summed E-state index contributed by atoms with van der Waals surface area (Å²) in [6.07, 6.45) is 3.06. The molecule has 6 heteroatoms. The van der Waals surface area contributed by atoms with Crippen LogP contribution in [0.5, 0.6) is 0 Å². The van der Waals surface area contributed by atoms with E-state index in [1.165, 1.54) is 0 Å². The Balaban J connectivity index is 2.30. The lowest BCUT2D eigenvalue weighted by atomic mass is 9.91. The van der Waals surface area contributed by atoms with Crippen LogP contribution in [-0.2, 0) is 16.6 Å². The normalized spacial score (nSPS) is 24.0. The molecule has 2 atom stereocenters. The molecule has 0 aromatic carbocycles. The molecule has 0 bridgehead atoms. The SMILES string of the molecule is COCCN1C(=O)CCC(N)C1c1cnn(C)c1C. The molecule has 0 saturated carbocycles. The first-order valence-electron chi connectivity index (χ1n) is 6.58. The Bertz CT molecular complexity index is 457. The molecule has 2 rings (SSSR count). The Morgan fingerprint density at radius 3 is 2.89 bits per heavy atom. The maximum absolute atomic E-state index is 12.1. The molecule has 2 unspecified atom stereocenters. The molecule has 1 aromatic heterocycles. The van der Waals surface area contributed by atoms with Crippen LogP contribution in [0.15, 0.2) is 6.20 Å². The van der Waals surface area contributed by atoms with E-state index in [4.69, 9.17) is 10.5 Å². The van der Waals surface area contributed by atoms with E-state index in [1.54, 1.807) is 7.11 Å². The highest BCUT2D eigenvalue weighted by atomic mass is 16.5. The van der Waals surface area contributed by atoms with E-state index in [0.717, 1.165) is 17.7 Å². The van der Waals surface area contributed by atoms with Crippen molar-refractivity contribution in [1.82, 2.24) is 14.7 Å². The number of aryl methyl sites for hydroxylation is 1. The number of nitrogens with two attached hydrogens (primary N) is 1. The van der Waals surface area contributed by atoms with Crippen LogP contribution < -0.4 is 5.73 Å². The Kier molecular flexibility index (Phi) is 4.21. The number of carbonyl (C=O) groups is 1. The predicted octanol–water partition coefficient (Wildman–Crippen LogP) is 0.366. The maximum Gasteiger partial charge on any atom is 0.223 e. The van der Waals surface area contributed by atoms with E-state index in [2.05, 4.69) is 5.10 Å². The molecule has 0 spiro atoms. The van der Waals surface area contributed by atoms with Gasteiger partial charge in [-0.15, -0.1) is 0 Å². The van der Waals surface area contributed by atoms with Crippen molar-refractivity contribution in [3.05, 3.63) is 17.5 Å². The molecular formula is C13H22N4O2. The molecule has 1 amide bonds. The number of ether oxygens (including phenoxy) is 1. The molecule has 1 aliphatic rings. The Morgan fingerprint density at radius 2 is 2.32 bits per heavy atom. The molecule has 6 nitrogen and oxygen atoms in total. The minimum absolute atomic E-state index is 0.0440. The van der Waals surface area contributed by atoms with Crippen molar-refractivity contribution in [2.45, 2.75) is 31.8 Å². The molecule has 2 N–H and O–H groups in total. The van der Waals surface area contributed by atoms with Crippen molar-refractivity contribution in [1.29, 1.82) is 0 Å². The highest BCUT2D eigenvalue weighted by Crippen LogP contribution is 2.32. The van der Waals surface area contributed by atoms with Gasteiger partial charge in [0.1, 0.15) is 0 Å². The van der Waals surface area contributed by atoms with Crippen LogP contribution in [0.2, 0.25) is 0 Å². The topological polar surface area (TPSA) is 73.4 Å². The molecule has 1 fully saturated rings. The zero-order valence-electron chi connectivity index (χ0n) is 11.8. The predicted molar refractivity (Wildman–Crippen MR) is 71.5 cm³/mol. The van der Waals surface area contributed by atoms with Gasteiger partial charge in [-0.05, 0) is 13.3 Å². The van der Waals surface area contributed by atoms with Crippen LogP contribution in [0.1, 0.15) is 30.1 Å².